The maximum atomic E-state index is 11.9. The molecule has 6 nitrogen and oxygen atoms in total. The summed E-state index contributed by atoms with van der Waals surface area (Å²) in [6.45, 7) is 0.907. The summed E-state index contributed by atoms with van der Waals surface area (Å²) in [7, 11) is 0. The van der Waals surface area contributed by atoms with Crippen LogP contribution >= 0.6 is 0 Å². The van der Waals surface area contributed by atoms with Crippen molar-refractivity contribution in [3.8, 4) is 0 Å². The van der Waals surface area contributed by atoms with E-state index in [1.54, 1.807) is 18.2 Å². The molecule has 0 saturated carbocycles. The van der Waals surface area contributed by atoms with Crippen molar-refractivity contribution in [2.75, 3.05) is 18.4 Å². The van der Waals surface area contributed by atoms with E-state index in [2.05, 4.69) is 16.7 Å². The highest BCUT2D eigenvalue weighted by Crippen LogP contribution is 2.22. The van der Waals surface area contributed by atoms with Gasteiger partial charge in [0.25, 0.3) is 5.69 Å². The number of nitro groups is 1. The second-order valence-electron chi connectivity index (χ2n) is 4.97. The van der Waals surface area contributed by atoms with Gasteiger partial charge in [0.1, 0.15) is 5.69 Å². The second-order valence-corrected chi connectivity index (χ2v) is 4.97. The van der Waals surface area contributed by atoms with Crippen molar-refractivity contribution in [3.63, 3.8) is 0 Å². The minimum Gasteiger partial charge on any atom is -0.378 e. The Morgan fingerprint density at radius 2 is 2.10 bits per heavy atom. The Bertz CT molecular complexity index is 543. The lowest BCUT2D eigenvalue weighted by Crippen LogP contribution is -2.34. The third kappa shape index (κ3) is 4.30. The van der Waals surface area contributed by atoms with Crippen molar-refractivity contribution in [2.45, 2.75) is 19.3 Å². The zero-order chi connectivity index (χ0) is 15.1. The average molecular weight is 289 g/mol. The quantitative estimate of drug-likeness (QED) is 0.365. The number of amides is 1. The number of nitrogens with one attached hydrogen (secondary N) is 2. The van der Waals surface area contributed by atoms with Crippen LogP contribution in [-0.2, 0) is 4.79 Å². The SMILES string of the molecule is O=C(NCCNc1ccccc1[N+](=O)[O-])[C@H]1CC=CCC1. The fourth-order valence-electron chi connectivity index (χ4n) is 2.34. The van der Waals surface area contributed by atoms with E-state index in [1.807, 2.05) is 6.08 Å². The van der Waals surface area contributed by atoms with Crippen molar-refractivity contribution >= 4 is 17.3 Å². The summed E-state index contributed by atoms with van der Waals surface area (Å²) in [6.07, 6.45) is 6.77. The fourth-order valence-corrected chi connectivity index (χ4v) is 2.34. The van der Waals surface area contributed by atoms with Crippen molar-refractivity contribution in [2.24, 2.45) is 5.92 Å². The molecule has 1 atom stereocenters. The van der Waals surface area contributed by atoms with Gasteiger partial charge in [-0.2, -0.15) is 0 Å². The van der Waals surface area contributed by atoms with E-state index >= 15 is 0 Å². The average Bonchev–Trinajstić information content (AvgIpc) is 2.52. The van der Waals surface area contributed by atoms with Gasteiger partial charge in [0.05, 0.1) is 4.92 Å². The number of allylic oxidation sites excluding steroid dienone is 2. The predicted octanol–water partition coefficient (Wildman–Crippen LogP) is 2.48. The van der Waals surface area contributed by atoms with Gasteiger partial charge in [0.2, 0.25) is 5.91 Å². The fraction of sp³-hybridized carbons (Fsp3) is 0.400. The Morgan fingerprint density at radius 3 is 2.81 bits per heavy atom. The molecule has 1 aromatic carbocycles. The lowest BCUT2D eigenvalue weighted by molar-refractivity contribution is -0.384. The standard InChI is InChI=1S/C15H19N3O3/c19-15(12-6-2-1-3-7-12)17-11-10-16-13-8-4-5-9-14(13)18(20)21/h1-2,4-5,8-9,12,16H,3,6-7,10-11H2,(H,17,19)/t12-/m0/s1. The first-order chi connectivity index (χ1) is 10.2. The summed E-state index contributed by atoms with van der Waals surface area (Å²) in [5.41, 5.74) is 0.513. The Balaban J connectivity index is 1.76. The molecule has 0 spiro atoms. The maximum Gasteiger partial charge on any atom is 0.292 e. The maximum absolute atomic E-state index is 11.9. The smallest absolute Gasteiger partial charge is 0.292 e. The number of nitro benzene ring substituents is 1. The molecular weight excluding hydrogens is 270 g/mol. The van der Waals surface area contributed by atoms with E-state index in [9.17, 15) is 14.9 Å². The molecule has 6 heteroatoms. The van der Waals surface area contributed by atoms with E-state index in [0.29, 0.717) is 18.8 Å². The first-order valence-corrected chi connectivity index (χ1v) is 7.08. The Labute approximate surface area is 123 Å². The number of para-hydroxylation sites is 2. The number of anilines is 1. The molecule has 2 N–H and O–H groups in total. The summed E-state index contributed by atoms with van der Waals surface area (Å²) >= 11 is 0. The molecular formula is C15H19N3O3. The lowest BCUT2D eigenvalue weighted by Gasteiger charge is -2.17. The van der Waals surface area contributed by atoms with Crippen LogP contribution < -0.4 is 10.6 Å². The van der Waals surface area contributed by atoms with Crippen molar-refractivity contribution in [1.29, 1.82) is 0 Å². The van der Waals surface area contributed by atoms with Crippen molar-refractivity contribution in [1.82, 2.24) is 5.32 Å². The van der Waals surface area contributed by atoms with Gasteiger partial charge in [-0.05, 0) is 25.3 Å². The van der Waals surface area contributed by atoms with Crippen LogP contribution in [0.3, 0.4) is 0 Å². The minimum absolute atomic E-state index is 0.0428. The highest BCUT2D eigenvalue weighted by molar-refractivity contribution is 5.79. The van der Waals surface area contributed by atoms with Crippen LogP contribution in [0.5, 0.6) is 0 Å². The first-order valence-electron chi connectivity index (χ1n) is 7.08. The summed E-state index contributed by atoms with van der Waals surface area (Å²) in [6, 6.07) is 6.48. The molecule has 1 aliphatic rings. The Morgan fingerprint density at radius 1 is 1.29 bits per heavy atom. The largest absolute Gasteiger partial charge is 0.378 e. The molecule has 0 aliphatic heterocycles. The normalized spacial score (nSPS) is 17.2. The van der Waals surface area contributed by atoms with Gasteiger partial charge in [-0.25, -0.2) is 0 Å². The van der Waals surface area contributed by atoms with Crippen LogP contribution in [-0.4, -0.2) is 23.9 Å². The number of hydrogen-bond donors (Lipinski definition) is 2. The molecule has 2 rings (SSSR count). The van der Waals surface area contributed by atoms with Gasteiger partial charge < -0.3 is 10.6 Å². The Hall–Kier alpha value is -2.37. The molecule has 0 aromatic heterocycles. The van der Waals surface area contributed by atoms with E-state index in [-0.39, 0.29) is 17.5 Å². The van der Waals surface area contributed by atoms with Crippen LogP contribution in [0.25, 0.3) is 0 Å². The molecule has 0 unspecified atom stereocenters. The van der Waals surface area contributed by atoms with E-state index < -0.39 is 4.92 Å². The third-order valence-corrected chi connectivity index (χ3v) is 3.48. The summed E-state index contributed by atoms with van der Waals surface area (Å²) in [5, 5.41) is 16.7. The number of hydrogen-bond acceptors (Lipinski definition) is 4. The van der Waals surface area contributed by atoms with Gasteiger partial charge in [-0.3, -0.25) is 14.9 Å². The van der Waals surface area contributed by atoms with E-state index in [0.717, 1.165) is 19.3 Å². The van der Waals surface area contributed by atoms with Crippen molar-refractivity contribution in [3.05, 3.63) is 46.5 Å². The van der Waals surface area contributed by atoms with E-state index in [4.69, 9.17) is 0 Å². The highest BCUT2D eigenvalue weighted by atomic mass is 16.6. The zero-order valence-electron chi connectivity index (χ0n) is 11.7. The predicted molar refractivity (Wildman–Crippen MR) is 81.1 cm³/mol. The van der Waals surface area contributed by atoms with Gasteiger partial charge in [-0.1, -0.05) is 24.3 Å². The molecule has 0 fully saturated rings. The highest BCUT2D eigenvalue weighted by Gasteiger charge is 2.18. The van der Waals surface area contributed by atoms with Crippen LogP contribution in [0.1, 0.15) is 19.3 Å². The topological polar surface area (TPSA) is 84.3 Å². The molecule has 1 aromatic rings. The molecule has 0 radical (unpaired) electrons. The van der Waals surface area contributed by atoms with Crippen LogP contribution in [0.15, 0.2) is 36.4 Å². The van der Waals surface area contributed by atoms with Crippen LogP contribution in [0, 0.1) is 16.0 Å². The van der Waals surface area contributed by atoms with Gasteiger partial charge in [0, 0.05) is 25.1 Å². The molecule has 1 amide bonds. The summed E-state index contributed by atoms with van der Waals surface area (Å²) in [5.74, 6) is 0.116. The zero-order valence-corrected chi connectivity index (χ0v) is 11.7. The van der Waals surface area contributed by atoms with Gasteiger partial charge in [0.15, 0.2) is 0 Å². The number of carbonyl (C=O) groups is 1. The van der Waals surface area contributed by atoms with Crippen LogP contribution in [0.2, 0.25) is 0 Å². The first kappa shape index (κ1) is 15.0. The minimum atomic E-state index is -0.421. The van der Waals surface area contributed by atoms with Gasteiger partial charge >= 0.3 is 0 Å². The van der Waals surface area contributed by atoms with Crippen LogP contribution in [0.4, 0.5) is 11.4 Å². The monoisotopic (exact) mass is 289 g/mol. The van der Waals surface area contributed by atoms with Crippen molar-refractivity contribution < 1.29 is 9.72 Å². The number of carbonyl (C=O) groups excluding carboxylic acids is 1. The third-order valence-electron chi connectivity index (χ3n) is 3.48. The van der Waals surface area contributed by atoms with E-state index in [1.165, 1.54) is 6.07 Å². The summed E-state index contributed by atoms with van der Waals surface area (Å²) < 4.78 is 0. The molecule has 0 heterocycles. The molecule has 112 valence electrons. The molecule has 21 heavy (non-hydrogen) atoms. The molecule has 1 aliphatic carbocycles. The van der Waals surface area contributed by atoms with Gasteiger partial charge in [-0.15, -0.1) is 0 Å². The number of nitrogens with zero attached hydrogens (tertiary/aromatic N) is 1. The summed E-state index contributed by atoms with van der Waals surface area (Å²) in [4.78, 5) is 22.3. The Kier molecular flexibility index (Phi) is 5.31. The number of benzene rings is 1. The molecule has 0 bridgehead atoms. The second kappa shape index (κ2) is 7.42. The number of rotatable bonds is 6. The molecule has 0 saturated heterocycles. The lowest BCUT2D eigenvalue weighted by atomic mass is 9.94.